The average molecular weight is 509 g/mol. The van der Waals surface area contributed by atoms with Crippen LogP contribution in [0.2, 0.25) is 0 Å². The molecule has 36 heavy (non-hydrogen) atoms. The zero-order valence-corrected chi connectivity index (χ0v) is 22.6. The van der Waals surface area contributed by atoms with E-state index in [2.05, 4.69) is 20.8 Å². The van der Waals surface area contributed by atoms with Crippen LogP contribution in [0.3, 0.4) is 0 Å². The lowest BCUT2D eigenvalue weighted by Crippen LogP contribution is -2.63. The number of aliphatic hydroxyl groups is 3. The summed E-state index contributed by atoms with van der Waals surface area (Å²) in [6.45, 7) is 8.58. The smallest absolute Gasteiger partial charge is 0.308 e. The van der Waals surface area contributed by atoms with E-state index in [-0.39, 0.29) is 58.7 Å². The predicted molar refractivity (Wildman–Crippen MR) is 135 cm³/mol. The summed E-state index contributed by atoms with van der Waals surface area (Å²) in [6.07, 6.45) is 6.24. The minimum Gasteiger partial charge on any atom is -0.481 e. The molecule has 4 aliphatic carbocycles. The second kappa shape index (κ2) is 10.2. The zero-order chi connectivity index (χ0) is 26.5. The quantitative estimate of drug-likeness (QED) is 0.281. The van der Waals surface area contributed by atoms with Crippen molar-refractivity contribution in [2.45, 2.75) is 123 Å². The zero-order valence-electron chi connectivity index (χ0n) is 22.6. The number of carboxylic acids is 1. The summed E-state index contributed by atoms with van der Waals surface area (Å²) in [5, 5.41) is 43.5. The molecule has 0 aromatic rings. The van der Waals surface area contributed by atoms with Crippen LogP contribution in [0.1, 0.15) is 105 Å². The van der Waals surface area contributed by atoms with Crippen molar-refractivity contribution in [1.29, 1.82) is 0 Å². The summed E-state index contributed by atoms with van der Waals surface area (Å²) in [5.41, 5.74) is -0.464. The number of unbranched alkanes of at least 4 members (excludes halogenated alkanes) is 1. The molecule has 11 unspecified atom stereocenters. The minimum atomic E-state index is -1.47. The van der Waals surface area contributed by atoms with Crippen LogP contribution in [0.4, 0.5) is 0 Å². The van der Waals surface area contributed by atoms with Gasteiger partial charge in [-0.2, -0.15) is 0 Å². The van der Waals surface area contributed by atoms with Crippen molar-refractivity contribution >= 4 is 11.9 Å². The monoisotopic (exact) mass is 508 g/mol. The molecule has 0 heterocycles. The van der Waals surface area contributed by atoms with Gasteiger partial charge in [0.1, 0.15) is 0 Å². The van der Waals surface area contributed by atoms with Crippen molar-refractivity contribution in [3.8, 4) is 0 Å². The Labute approximate surface area is 216 Å². The number of hydrogen-bond donors (Lipinski definition) is 4. The minimum absolute atomic E-state index is 0.0229. The number of rotatable bonds is 8. The van der Waals surface area contributed by atoms with Gasteiger partial charge in [0, 0.05) is 25.7 Å². The molecule has 0 saturated heterocycles. The number of carbonyl (C=O) groups is 2. The van der Waals surface area contributed by atoms with Gasteiger partial charge in [-0.25, -0.2) is 0 Å². The fourth-order valence-electron chi connectivity index (χ4n) is 9.34. The van der Waals surface area contributed by atoms with Gasteiger partial charge in [0.05, 0.1) is 12.2 Å². The standard InChI is InChI=1S/C29H48O7/c1-5-6-7-25(34)36-29(35)13-12-27(3)18(16-29)14-22(30)26-20-10-9-19(17(2)8-11-24(32)33)28(20,4)23(31)15-21(26)27/h17-23,26,30-31,35H,5-16H2,1-4H3,(H,32,33). The maximum atomic E-state index is 12.3. The number of hydrogen-bond acceptors (Lipinski definition) is 6. The third-order valence-electron chi connectivity index (χ3n) is 11.4. The molecule has 7 nitrogen and oxygen atoms in total. The molecule has 11 atom stereocenters. The summed E-state index contributed by atoms with van der Waals surface area (Å²) in [7, 11) is 0. The van der Waals surface area contributed by atoms with Crippen molar-refractivity contribution in [2.24, 2.45) is 46.3 Å². The van der Waals surface area contributed by atoms with E-state index in [1.54, 1.807) is 0 Å². The van der Waals surface area contributed by atoms with Crippen LogP contribution in [0, 0.1) is 46.3 Å². The Hall–Kier alpha value is -1.18. The van der Waals surface area contributed by atoms with Crippen LogP contribution in [0.15, 0.2) is 0 Å². The molecule has 0 radical (unpaired) electrons. The second-order valence-corrected chi connectivity index (χ2v) is 13.2. The molecule has 7 heteroatoms. The van der Waals surface area contributed by atoms with Crippen molar-refractivity contribution in [2.75, 3.05) is 0 Å². The molecule has 206 valence electrons. The molecule has 4 N–H and O–H groups in total. The molecular formula is C29H48O7. The van der Waals surface area contributed by atoms with Gasteiger partial charge < -0.3 is 25.2 Å². The number of carboxylic acid groups (broad SMARTS) is 1. The molecule has 0 bridgehead atoms. The van der Waals surface area contributed by atoms with E-state index in [4.69, 9.17) is 4.74 Å². The molecule has 0 spiro atoms. The Morgan fingerprint density at radius 1 is 1.06 bits per heavy atom. The van der Waals surface area contributed by atoms with E-state index in [1.165, 1.54) is 0 Å². The summed E-state index contributed by atoms with van der Waals surface area (Å²) < 4.78 is 5.58. The number of carbonyl (C=O) groups excluding carboxylic acids is 1. The van der Waals surface area contributed by atoms with Crippen LogP contribution in [-0.2, 0) is 14.3 Å². The SMILES string of the molecule is CCCCC(=O)OC1(O)CCC2(C)C(CC(O)C3C2CC(O)C2(C)C(C(C)CCC(=O)O)CCC32)C1. The third kappa shape index (κ3) is 4.73. The van der Waals surface area contributed by atoms with E-state index in [1.807, 2.05) is 6.92 Å². The molecule has 0 aromatic heterocycles. The first-order valence-electron chi connectivity index (χ1n) is 14.4. The molecule has 4 aliphatic rings. The van der Waals surface area contributed by atoms with Gasteiger partial charge in [-0.05, 0) is 91.3 Å². The maximum Gasteiger partial charge on any atom is 0.308 e. The van der Waals surface area contributed by atoms with Crippen molar-refractivity contribution < 1.29 is 34.8 Å². The first-order valence-corrected chi connectivity index (χ1v) is 14.4. The topological polar surface area (TPSA) is 124 Å². The van der Waals surface area contributed by atoms with Crippen LogP contribution >= 0.6 is 0 Å². The van der Waals surface area contributed by atoms with Gasteiger partial charge in [0.25, 0.3) is 0 Å². The Balaban J connectivity index is 1.52. The molecule has 0 aliphatic heterocycles. The Kier molecular flexibility index (Phi) is 7.87. The largest absolute Gasteiger partial charge is 0.481 e. The normalized spacial score (nSPS) is 46.8. The van der Waals surface area contributed by atoms with Gasteiger partial charge in [0.15, 0.2) is 0 Å². The number of ether oxygens (including phenoxy) is 1. The summed E-state index contributed by atoms with van der Waals surface area (Å²) in [4.78, 5) is 23.5. The van der Waals surface area contributed by atoms with Crippen molar-refractivity contribution in [3.63, 3.8) is 0 Å². The van der Waals surface area contributed by atoms with Gasteiger partial charge in [-0.3, -0.25) is 9.59 Å². The highest BCUT2D eigenvalue weighted by Gasteiger charge is 2.66. The molecule has 4 saturated carbocycles. The predicted octanol–water partition coefficient (Wildman–Crippen LogP) is 4.51. The number of aliphatic hydroxyl groups excluding tert-OH is 2. The number of fused-ring (bicyclic) bond motifs is 5. The van der Waals surface area contributed by atoms with Crippen LogP contribution < -0.4 is 0 Å². The first-order chi connectivity index (χ1) is 16.9. The maximum absolute atomic E-state index is 12.3. The van der Waals surface area contributed by atoms with Gasteiger partial charge in [0.2, 0.25) is 5.79 Å². The Morgan fingerprint density at radius 3 is 2.44 bits per heavy atom. The van der Waals surface area contributed by atoms with Crippen LogP contribution in [0.5, 0.6) is 0 Å². The van der Waals surface area contributed by atoms with Crippen LogP contribution in [-0.4, -0.2) is 50.4 Å². The summed E-state index contributed by atoms with van der Waals surface area (Å²) in [5.74, 6) is -1.69. The highest BCUT2D eigenvalue weighted by molar-refractivity contribution is 5.69. The average Bonchev–Trinajstić information content (AvgIpc) is 3.16. The highest BCUT2D eigenvalue weighted by Crippen LogP contribution is 2.69. The Bertz CT molecular complexity index is 830. The van der Waals surface area contributed by atoms with E-state index in [0.29, 0.717) is 44.9 Å². The summed E-state index contributed by atoms with van der Waals surface area (Å²) in [6, 6.07) is 0. The first kappa shape index (κ1) is 27.8. The van der Waals surface area contributed by atoms with Gasteiger partial charge in [-0.1, -0.05) is 34.1 Å². The van der Waals surface area contributed by atoms with Gasteiger partial charge >= 0.3 is 11.9 Å². The fourth-order valence-corrected chi connectivity index (χ4v) is 9.34. The van der Waals surface area contributed by atoms with Gasteiger partial charge in [-0.15, -0.1) is 0 Å². The van der Waals surface area contributed by atoms with Crippen molar-refractivity contribution in [3.05, 3.63) is 0 Å². The van der Waals surface area contributed by atoms with E-state index < -0.39 is 24.0 Å². The van der Waals surface area contributed by atoms with E-state index >= 15 is 0 Å². The second-order valence-electron chi connectivity index (χ2n) is 13.2. The van der Waals surface area contributed by atoms with E-state index in [9.17, 15) is 30.0 Å². The lowest BCUT2D eigenvalue weighted by molar-refractivity contribution is -0.265. The fraction of sp³-hybridized carbons (Fsp3) is 0.931. The lowest BCUT2D eigenvalue weighted by Gasteiger charge is -2.64. The number of aliphatic carboxylic acids is 1. The van der Waals surface area contributed by atoms with E-state index in [0.717, 1.165) is 25.7 Å². The van der Waals surface area contributed by atoms with Crippen molar-refractivity contribution in [1.82, 2.24) is 0 Å². The molecular weight excluding hydrogens is 460 g/mol. The molecule has 4 rings (SSSR count). The number of esters is 1. The van der Waals surface area contributed by atoms with Crippen LogP contribution in [0.25, 0.3) is 0 Å². The molecule has 4 fully saturated rings. The lowest BCUT2D eigenvalue weighted by atomic mass is 9.43. The third-order valence-corrected chi connectivity index (χ3v) is 11.4. The molecule has 0 amide bonds. The highest BCUT2D eigenvalue weighted by atomic mass is 16.7. The molecule has 0 aromatic carbocycles. The Morgan fingerprint density at radius 2 is 1.78 bits per heavy atom. The summed E-state index contributed by atoms with van der Waals surface area (Å²) >= 11 is 0.